The third kappa shape index (κ3) is 4.80. The summed E-state index contributed by atoms with van der Waals surface area (Å²) in [4.78, 5) is 20.9. The lowest BCUT2D eigenvalue weighted by molar-refractivity contribution is -0.124. The van der Waals surface area contributed by atoms with Gasteiger partial charge >= 0.3 is 0 Å². The summed E-state index contributed by atoms with van der Waals surface area (Å²) in [5, 5.41) is 1.42. The van der Waals surface area contributed by atoms with Crippen LogP contribution in [0.5, 0.6) is 0 Å². The van der Waals surface area contributed by atoms with Crippen LogP contribution in [0.15, 0.2) is 75.0 Å². The molecule has 0 spiro atoms. The molecule has 0 N–H and O–H groups in total. The van der Waals surface area contributed by atoms with Crippen LogP contribution in [0.3, 0.4) is 0 Å². The number of thioether (sulfide) groups is 1. The number of hydrogen-bond donors (Lipinski definition) is 0. The number of hydrogen-bond acceptors (Lipinski definition) is 4. The van der Waals surface area contributed by atoms with Gasteiger partial charge in [-0.05, 0) is 73.5 Å². The molecule has 1 saturated carbocycles. The van der Waals surface area contributed by atoms with Gasteiger partial charge in [-0.25, -0.2) is 4.99 Å². The Balaban J connectivity index is 1.47. The minimum atomic E-state index is 0.0125. The summed E-state index contributed by atoms with van der Waals surface area (Å²) in [5.41, 5.74) is 2.89. The Hall–Kier alpha value is -2.76. The molecular weight excluding hydrogens is 452 g/mol. The van der Waals surface area contributed by atoms with E-state index in [-0.39, 0.29) is 11.9 Å². The summed E-state index contributed by atoms with van der Waals surface area (Å²) < 4.78 is 6.09. The van der Waals surface area contributed by atoms with Crippen molar-refractivity contribution in [2.45, 2.75) is 45.1 Å². The molecule has 0 radical (unpaired) electrons. The SMILES string of the molecule is Cc1ccc(Cl)cc1-c1ccc(/C=C2\SC(=Nc3ccccc3)N(C3CCCCC3)C2=O)o1. The Bertz CT molecular complexity index is 1230. The van der Waals surface area contributed by atoms with Crippen LogP contribution in [0, 0.1) is 6.92 Å². The van der Waals surface area contributed by atoms with Gasteiger partial charge in [0.25, 0.3) is 5.91 Å². The fourth-order valence-electron chi connectivity index (χ4n) is 4.40. The number of carbonyl (C=O) groups excluding carboxylic acids is 1. The molecule has 1 aliphatic heterocycles. The highest BCUT2D eigenvalue weighted by molar-refractivity contribution is 8.18. The number of rotatable bonds is 4. The molecule has 0 atom stereocenters. The van der Waals surface area contributed by atoms with Crippen LogP contribution >= 0.6 is 23.4 Å². The van der Waals surface area contributed by atoms with Crippen molar-refractivity contribution in [2.75, 3.05) is 0 Å². The lowest BCUT2D eigenvalue weighted by Gasteiger charge is -2.30. The summed E-state index contributed by atoms with van der Waals surface area (Å²) in [6.45, 7) is 2.02. The molecule has 1 aromatic heterocycles. The second-order valence-corrected chi connectivity index (χ2v) is 9.91. The highest BCUT2D eigenvalue weighted by atomic mass is 35.5. The van der Waals surface area contributed by atoms with Crippen molar-refractivity contribution in [2.24, 2.45) is 4.99 Å². The standard InChI is InChI=1S/C27H25ClN2O2S/c1-18-12-13-19(28)16-23(18)24-15-14-22(32-24)17-25-26(31)30(21-10-6-3-7-11-21)27(33-25)29-20-8-4-2-5-9-20/h2,4-5,8-9,12-17,21H,3,6-7,10-11H2,1H3/b25-17-,29-27?. The molecule has 3 aromatic rings. The van der Waals surface area contributed by atoms with Gasteiger partial charge in [0.05, 0.1) is 10.6 Å². The van der Waals surface area contributed by atoms with Gasteiger partial charge in [-0.2, -0.15) is 0 Å². The third-order valence-electron chi connectivity index (χ3n) is 6.12. The first-order valence-electron chi connectivity index (χ1n) is 11.3. The zero-order valence-electron chi connectivity index (χ0n) is 18.5. The number of amidine groups is 1. The lowest BCUT2D eigenvalue weighted by atomic mass is 9.94. The van der Waals surface area contributed by atoms with E-state index in [1.165, 1.54) is 18.2 Å². The van der Waals surface area contributed by atoms with Gasteiger partial charge in [0, 0.05) is 22.7 Å². The Kier molecular flexibility index (Phi) is 6.43. The molecule has 2 fully saturated rings. The van der Waals surface area contributed by atoms with Crippen molar-refractivity contribution in [3.63, 3.8) is 0 Å². The first kappa shape index (κ1) is 22.1. The molecule has 2 aromatic carbocycles. The van der Waals surface area contributed by atoms with Gasteiger partial charge in [0.2, 0.25) is 0 Å². The zero-order valence-corrected chi connectivity index (χ0v) is 20.0. The molecule has 0 bridgehead atoms. The van der Waals surface area contributed by atoms with Crippen molar-refractivity contribution in [1.82, 2.24) is 4.90 Å². The average Bonchev–Trinajstić information content (AvgIpc) is 3.41. The van der Waals surface area contributed by atoms with E-state index in [0.29, 0.717) is 15.7 Å². The summed E-state index contributed by atoms with van der Waals surface area (Å²) in [7, 11) is 0. The van der Waals surface area contributed by atoms with E-state index in [4.69, 9.17) is 21.0 Å². The summed E-state index contributed by atoms with van der Waals surface area (Å²) in [6.07, 6.45) is 7.41. The molecule has 5 rings (SSSR count). The molecule has 2 aliphatic rings. The molecule has 1 aliphatic carbocycles. The normalized spacial score (nSPS) is 19.7. The van der Waals surface area contributed by atoms with Crippen molar-refractivity contribution in [1.29, 1.82) is 0 Å². The first-order chi connectivity index (χ1) is 16.1. The lowest BCUT2D eigenvalue weighted by Crippen LogP contribution is -2.40. The van der Waals surface area contributed by atoms with Gasteiger partial charge in [0.1, 0.15) is 11.5 Å². The molecule has 1 saturated heterocycles. The molecule has 33 heavy (non-hydrogen) atoms. The Morgan fingerprint density at radius 2 is 1.85 bits per heavy atom. The minimum Gasteiger partial charge on any atom is -0.457 e. The van der Waals surface area contributed by atoms with Gasteiger partial charge in [0.15, 0.2) is 5.17 Å². The molecule has 0 unspecified atom stereocenters. The number of para-hydroxylation sites is 1. The predicted molar refractivity (Wildman–Crippen MR) is 137 cm³/mol. The van der Waals surface area contributed by atoms with Crippen LogP contribution < -0.4 is 0 Å². The summed E-state index contributed by atoms with van der Waals surface area (Å²) in [5.74, 6) is 1.39. The molecule has 2 heterocycles. The second kappa shape index (κ2) is 9.62. The molecular formula is C27H25ClN2O2S. The van der Waals surface area contributed by atoms with E-state index in [9.17, 15) is 4.79 Å². The van der Waals surface area contributed by atoms with Crippen LogP contribution in [0.4, 0.5) is 5.69 Å². The quantitative estimate of drug-likeness (QED) is 0.360. The number of nitrogens with zero attached hydrogens (tertiary/aromatic N) is 2. The molecule has 6 heteroatoms. The van der Waals surface area contributed by atoms with Crippen molar-refractivity contribution in [3.8, 4) is 11.3 Å². The van der Waals surface area contributed by atoms with Crippen LogP contribution in [-0.4, -0.2) is 22.0 Å². The average molecular weight is 477 g/mol. The number of aliphatic imine (C=N–C) groups is 1. The predicted octanol–water partition coefficient (Wildman–Crippen LogP) is 7.85. The van der Waals surface area contributed by atoms with Crippen LogP contribution in [0.1, 0.15) is 43.4 Å². The Morgan fingerprint density at radius 3 is 2.64 bits per heavy atom. The van der Waals surface area contributed by atoms with Crippen molar-refractivity contribution >= 4 is 46.2 Å². The summed E-state index contributed by atoms with van der Waals surface area (Å²) >= 11 is 7.61. The topological polar surface area (TPSA) is 45.8 Å². The number of amides is 1. The minimum absolute atomic E-state index is 0.0125. The largest absolute Gasteiger partial charge is 0.457 e. The highest BCUT2D eigenvalue weighted by Gasteiger charge is 2.38. The highest BCUT2D eigenvalue weighted by Crippen LogP contribution is 2.39. The van der Waals surface area contributed by atoms with E-state index in [2.05, 4.69) is 0 Å². The maximum atomic E-state index is 13.5. The smallest absolute Gasteiger partial charge is 0.267 e. The van der Waals surface area contributed by atoms with Crippen LogP contribution in [-0.2, 0) is 4.79 Å². The van der Waals surface area contributed by atoms with Crippen molar-refractivity contribution < 1.29 is 9.21 Å². The van der Waals surface area contributed by atoms with E-state index in [1.807, 2.05) is 78.6 Å². The number of benzene rings is 2. The molecule has 4 nitrogen and oxygen atoms in total. The number of carbonyl (C=O) groups is 1. The van der Waals surface area contributed by atoms with Gasteiger partial charge in [-0.3, -0.25) is 9.69 Å². The Morgan fingerprint density at radius 1 is 1.06 bits per heavy atom. The summed E-state index contributed by atoms with van der Waals surface area (Å²) in [6, 6.07) is 19.6. The van der Waals surface area contributed by atoms with Gasteiger partial charge in [-0.1, -0.05) is 55.1 Å². The van der Waals surface area contributed by atoms with Gasteiger partial charge in [-0.15, -0.1) is 0 Å². The zero-order chi connectivity index (χ0) is 22.8. The van der Waals surface area contributed by atoms with E-state index in [1.54, 1.807) is 0 Å². The Labute approximate surface area is 203 Å². The van der Waals surface area contributed by atoms with E-state index >= 15 is 0 Å². The second-order valence-electron chi connectivity index (χ2n) is 8.47. The molecule has 1 amide bonds. The van der Waals surface area contributed by atoms with Crippen LogP contribution in [0.25, 0.3) is 17.4 Å². The monoisotopic (exact) mass is 476 g/mol. The fraction of sp³-hybridized carbons (Fsp3) is 0.259. The van der Waals surface area contributed by atoms with Gasteiger partial charge < -0.3 is 4.42 Å². The number of aryl methyl sites for hydroxylation is 1. The first-order valence-corrected chi connectivity index (χ1v) is 12.5. The van der Waals surface area contributed by atoms with Crippen LogP contribution in [0.2, 0.25) is 5.02 Å². The maximum absolute atomic E-state index is 13.5. The number of furan rings is 1. The van der Waals surface area contributed by atoms with E-state index in [0.717, 1.165) is 53.4 Å². The fourth-order valence-corrected chi connectivity index (χ4v) is 5.61. The third-order valence-corrected chi connectivity index (χ3v) is 7.34. The number of halogens is 1. The van der Waals surface area contributed by atoms with Crippen molar-refractivity contribution in [3.05, 3.63) is 81.9 Å². The molecule has 168 valence electrons. The van der Waals surface area contributed by atoms with E-state index < -0.39 is 0 Å². The maximum Gasteiger partial charge on any atom is 0.267 e.